The minimum Gasteiger partial charge on any atom is -0.296 e. The quantitative estimate of drug-likeness (QED) is 0.682. The highest BCUT2D eigenvalue weighted by Crippen LogP contribution is 2.62. The van der Waals surface area contributed by atoms with Gasteiger partial charge in [-0.2, -0.15) is 0 Å². The number of fused-ring (bicyclic) bond motifs is 5. The van der Waals surface area contributed by atoms with E-state index in [1.54, 1.807) is 6.08 Å². The van der Waals surface area contributed by atoms with Crippen LogP contribution in [0.3, 0.4) is 0 Å². The normalized spacial score (nSPS) is 50.2. The zero-order valence-electron chi connectivity index (χ0n) is 13.3. The second kappa shape index (κ2) is 4.39. The van der Waals surface area contributed by atoms with Crippen LogP contribution in [0.2, 0.25) is 0 Å². The third kappa shape index (κ3) is 1.60. The van der Waals surface area contributed by atoms with Crippen molar-refractivity contribution in [3.8, 4) is 0 Å². The molecule has 0 saturated heterocycles. The first-order valence-corrected chi connectivity index (χ1v) is 8.49. The van der Waals surface area contributed by atoms with Gasteiger partial charge in [0, 0.05) is 11.3 Å². The Kier molecular flexibility index (Phi) is 2.87. The Morgan fingerprint density at radius 2 is 1.91 bits per heavy atom. The summed E-state index contributed by atoms with van der Waals surface area (Å²) in [7, 11) is 0. The lowest BCUT2D eigenvalue weighted by Gasteiger charge is -2.54. The minimum atomic E-state index is -1.37. The molecule has 2 saturated carbocycles. The number of carbonyl (C=O) groups is 2. The molecule has 0 amide bonds. The van der Waals surface area contributed by atoms with E-state index in [0.29, 0.717) is 0 Å². The van der Waals surface area contributed by atoms with Crippen molar-refractivity contribution in [2.45, 2.75) is 52.1 Å². The van der Waals surface area contributed by atoms with Gasteiger partial charge in [0.05, 0.1) is 0 Å². The lowest BCUT2D eigenvalue weighted by atomic mass is 9.48. The van der Waals surface area contributed by atoms with Crippen LogP contribution in [-0.4, -0.2) is 17.7 Å². The third-order valence-electron chi connectivity index (χ3n) is 7.20. The van der Waals surface area contributed by atoms with Crippen LogP contribution in [0, 0.1) is 28.6 Å². The summed E-state index contributed by atoms with van der Waals surface area (Å²) in [5.41, 5.74) is 0.545. The molecule has 3 heteroatoms. The Hall–Kier alpha value is -1.25. The van der Waals surface area contributed by atoms with Gasteiger partial charge in [-0.05, 0) is 61.0 Å². The maximum absolute atomic E-state index is 14.1. The van der Waals surface area contributed by atoms with Crippen LogP contribution in [-0.2, 0) is 9.59 Å². The molecule has 4 rings (SSSR count). The molecule has 0 radical (unpaired) electrons. The number of allylic oxidation sites excluding steroid dienone is 4. The Morgan fingerprint density at radius 3 is 2.68 bits per heavy atom. The van der Waals surface area contributed by atoms with Gasteiger partial charge in [-0.15, -0.1) is 0 Å². The maximum Gasteiger partial charge on any atom is 0.173 e. The van der Waals surface area contributed by atoms with E-state index in [-0.39, 0.29) is 41.2 Å². The molecule has 0 aliphatic heterocycles. The molecule has 2 nitrogen and oxygen atoms in total. The predicted octanol–water partition coefficient (Wildman–Crippen LogP) is 3.81. The summed E-state index contributed by atoms with van der Waals surface area (Å²) in [5, 5.41) is 0. The van der Waals surface area contributed by atoms with Crippen molar-refractivity contribution in [2.75, 3.05) is 0 Å². The van der Waals surface area contributed by atoms with E-state index >= 15 is 0 Å². The summed E-state index contributed by atoms with van der Waals surface area (Å²) in [6.45, 7) is 4.16. The van der Waals surface area contributed by atoms with Gasteiger partial charge < -0.3 is 0 Å². The molecule has 0 aromatic heterocycles. The monoisotopic (exact) mass is 302 g/mol. The number of rotatable bonds is 0. The molecule has 6 atom stereocenters. The van der Waals surface area contributed by atoms with Gasteiger partial charge in [-0.3, -0.25) is 9.59 Å². The fourth-order valence-corrected chi connectivity index (χ4v) is 5.80. The van der Waals surface area contributed by atoms with Crippen LogP contribution in [0.25, 0.3) is 0 Å². The molecular formula is C19H23FO2. The van der Waals surface area contributed by atoms with Crippen LogP contribution >= 0.6 is 0 Å². The topological polar surface area (TPSA) is 34.1 Å². The molecule has 0 bridgehead atoms. The predicted molar refractivity (Wildman–Crippen MR) is 81.9 cm³/mol. The Morgan fingerprint density at radius 1 is 1.14 bits per heavy atom. The van der Waals surface area contributed by atoms with E-state index in [1.807, 2.05) is 6.92 Å². The second-order valence-electron chi connectivity index (χ2n) is 8.12. The van der Waals surface area contributed by atoms with E-state index in [4.69, 9.17) is 0 Å². The summed E-state index contributed by atoms with van der Waals surface area (Å²) in [5.74, 6) is -0.138. The standard InChI is InChI=1S/C19H23FO2/c1-18-7-4-3-5-11(18)9-15(21)16-12(18)6-8-19(2)13(16)10-14(20)17(19)22/h3,5,9,12-14,16H,4,6-8,10H2,1-2H3/t12-,13-,14+,16+,18-,19-/m0/s1. The Labute approximate surface area is 130 Å². The SMILES string of the molecule is C[C@]12CCC=CC1=CC(=O)[C@@H]1[C@@H]2CC[C@]2(C)C(=O)[C@H](F)C[C@@H]12. The van der Waals surface area contributed by atoms with Crippen molar-refractivity contribution in [1.29, 1.82) is 0 Å². The molecule has 0 aromatic rings. The molecule has 0 N–H and O–H groups in total. The second-order valence-corrected chi connectivity index (χ2v) is 8.12. The fourth-order valence-electron chi connectivity index (χ4n) is 5.80. The lowest BCUT2D eigenvalue weighted by Crippen LogP contribution is -2.52. The van der Waals surface area contributed by atoms with Crippen molar-refractivity contribution >= 4 is 11.6 Å². The van der Waals surface area contributed by atoms with E-state index in [2.05, 4.69) is 19.1 Å². The number of halogens is 1. The Bertz CT molecular complexity index is 619. The van der Waals surface area contributed by atoms with E-state index < -0.39 is 11.6 Å². The molecule has 22 heavy (non-hydrogen) atoms. The lowest BCUT2D eigenvalue weighted by molar-refractivity contribution is -0.139. The zero-order valence-corrected chi connectivity index (χ0v) is 13.3. The van der Waals surface area contributed by atoms with Crippen LogP contribution in [0.15, 0.2) is 23.8 Å². The van der Waals surface area contributed by atoms with Gasteiger partial charge >= 0.3 is 0 Å². The van der Waals surface area contributed by atoms with E-state index in [1.165, 1.54) is 0 Å². The largest absolute Gasteiger partial charge is 0.296 e. The van der Waals surface area contributed by atoms with Crippen LogP contribution in [0.4, 0.5) is 4.39 Å². The van der Waals surface area contributed by atoms with Crippen molar-refractivity contribution in [2.24, 2.45) is 28.6 Å². The van der Waals surface area contributed by atoms with E-state index in [0.717, 1.165) is 31.3 Å². The van der Waals surface area contributed by atoms with Gasteiger partial charge in [-0.25, -0.2) is 4.39 Å². The highest BCUT2D eigenvalue weighted by molar-refractivity contribution is 5.98. The molecule has 0 heterocycles. The highest BCUT2D eigenvalue weighted by Gasteiger charge is 2.62. The van der Waals surface area contributed by atoms with Crippen molar-refractivity contribution in [3.63, 3.8) is 0 Å². The Balaban J connectivity index is 1.80. The fraction of sp³-hybridized carbons (Fsp3) is 0.684. The average Bonchev–Trinajstić information content (AvgIpc) is 2.71. The average molecular weight is 302 g/mol. The molecule has 2 fully saturated rings. The van der Waals surface area contributed by atoms with Gasteiger partial charge in [0.15, 0.2) is 17.7 Å². The zero-order chi connectivity index (χ0) is 15.7. The molecule has 0 spiro atoms. The van der Waals surface area contributed by atoms with E-state index in [9.17, 15) is 14.0 Å². The van der Waals surface area contributed by atoms with Crippen molar-refractivity contribution in [3.05, 3.63) is 23.8 Å². The number of carbonyl (C=O) groups excluding carboxylic acids is 2. The summed E-state index contributed by atoms with van der Waals surface area (Å²) in [6.07, 6.45) is 8.61. The number of hydrogen-bond acceptors (Lipinski definition) is 2. The first-order valence-electron chi connectivity index (χ1n) is 8.49. The van der Waals surface area contributed by atoms with Crippen LogP contribution in [0.1, 0.15) is 46.0 Å². The molecule has 118 valence electrons. The van der Waals surface area contributed by atoms with Crippen LogP contribution < -0.4 is 0 Å². The maximum atomic E-state index is 14.1. The number of Topliss-reactive ketones (excluding diaryl/α,β-unsaturated/α-hetero) is 1. The molecule has 0 unspecified atom stereocenters. The summed E-state index contributed by atoms with van der Waals surface area (Å²) in [4.78, 5) is 25.1. The van der Waals surface area contributed by atoms with Crippen LogP contribution in [0.5, 0.6) is 0 Å². The minimum absolute atomic E-state index is 0.0199. The van der Waals surface area contributed by atoms with Gasteiger partial charge in [-0.1, -0.05) is 26.0 Å². The smallest absolute Gasteiger partial charge is 0.173 e. The number of ketones is 2. The first-order chi connectivity index (χ1) is 10.4. The van der Waals surface area contributed by atoms with Gasteiger partial charge in [0.1, 0.15) is 0 Å². The highest BCUT2D eigenvalue weighted by atomic mass is 19.1. The molecular weight excluding hydrogens is 279 g/mol. The summed E-state index contributed by atoms with van der Waals surface area (Å²) >= 11 is 0. The number of hydrogen-bond donors (Lipinski definition) is 0. The first kappa shape index (κ1) is 14.3. The van der Waals surface area contributed by atoms with Crippen molar-refractivity contribution < 1.29 is 14.0 Å². The molecule has 0 aromatic carbocycles. The molecule has 4 aliphatic carbocycles. The van der Waals surface area contributed by atoms with Crippen molar-refractivity contribution in [1.82, 2.24) is 0 Å². The molecule has 4 aliphatic rings. The van der Waals surface area contributed by atoms with Gasteiger partial charge in [0.2, 0.25) is 0 Å². The number of alkyl halides is 1. The third-order valence-corrected chi connectivity index (χ3v) is 7.20. The van der Waals surface area contributed by atoms with Gasteiger partial charge in [0.25, 0.3) is 0 Å². The summed E-state index contributed by atoms with van der Waals surface area (Å²) < 4.78 is 14.1. The summed E-state index contributed by atoms with van der Waals surface area (Å²) in [6, 6.07) is 0.